The van der Waals surface area contributed by atoms with Crippen LogP contribution in [0, 0.1) is 0 Å². The van der Waals surface area contributed by atoms with Crippen molar-refractivity contribution in [3.05, 3.63) is 0 Å². The Morgan fingerprint density at radius 3 is 2.67 bits per heavy atom. The molecule has 2 aliphatic rings. The van der Waals surface area contributed by atoms with E-state index in [4.69, 9.17) is 5.11 Å². The topological polar surface area (TPSA) is 128 Å². The highest BCUT2D eigenvalue weighted by Crippen LogP contribution is 2.18. The number of hydrogen-bond donors (Lipinski definition) is 4. The van der Waals surface area contributed by atoms with Crippen LogP contribution in [0.3, 0.4) is 0 Å². The molecule has 1 unspecified atom stereocenters. The molecule has 1 aliphatic heterocycles. The van der Waals surface area contributed by atoms with Crippen molar-refractivity contribution in [3.63, 3.8) is 0 Å². The Morgan fingerprint density at radius 1 is 1.33 bits per heavy atom. The summed E-state index contributed by atoms with van der Waals surface area (Å²) < 4.78 is 0. The highest BCUT2D eigenvalue weighted by molar-refractivity contribution is 5.92. The van der Waals surface area contributed by atoms with Crippen LogP contribution in [0.15, 0.2) is 0 Å². The largest absolute Gasteiger partial charge is 0.481 e. The molecule has 9 heteroatoms. The third-order valence-electron chi connectivity index (χ3n) is 3.30. The van der Waals surface area contributed by atoms with Gasteiger partial charge in [0.05, 0.1) is 13.0 Å². The molecule has 0 radical (unpaired) electrons. The van der Waals surface area contributed by atoms with Gasteiger partial charge in [-0.15, -0.1) is 0 Å². The van der Waals surface area contributed by atoms with Gasteiger partial charge in [-0.2, -0.15) is 0 Å². The maximum atomic E-state index is 12.0. The van der Waals surface area contributed by atoms with Crippen molar-refractivity contribution >= 4 is 23.8 Å². The lowest BCUT2D eigenvalue weighted by molar-refractivity contribution is -0.142. The average molecular weight is 298 g/mol. The first-order chi connectivity index (χ1) is 9.97. The van der Waals surface area contributed by atoms with E-state index < -0.39 is 30.4 Å². The standard InChI is InChI=1S/C12H18N4O5/c17-9(15-7-1-2-7)6-14-12(21)16-4-3-13-11(20)8(16)5-10(18)19/h7-8H,1-6H2,(H,13,20)(H,14,21)(H,15,17)(H,18,19). The molecular weight excluding hydrogens is 280 g/mol. The van der Waals surface area contributed by atoms with Gasteiger partial charge < -0.3 is 26.0 Å². The van der Waals surface area contributed by atoms with Crippen LogP contribution in [0.25, 0.3) is 0 Å². The molecule has 0 aromatic carbocycles. The lowest BCUT2D eigenvalue weighted by atomic mass is 10.1. The fourth-order valence-corrected chi connectivity index (χ4v) is 2.09. The van der Waals surface area contributed by atoms with Crippen molar-refractivity contribution in [1.82, 2.24) is 20.9 Å². The van der Waals surface area contributed by atoms with E-state index >= 15 is 0 Å². The van der Waals surface area contributed by atoms with Gasteiger partial charge >= 0.3 is 12.0 Å². The number of carbonyl (C=O) groups is 4. The Labute approximate surface area is 121 Å². The Morgan fingerprint density at radius 2 is 2.05 bits per heavy atom. The Balaban J connectivity index is 1.86. The molecule has 21 heavy (non-hydrogen) atoms. The minimum Gasteiger partial charge on any atom is -0.481 e. The zero-order chi connectivity index (χ0) is 15.4. The van der Waals surface area contributed by atoms with Crippen LogP contribution in [-0.2, 0) is 14.4 Å². The van der Waals surface area contributed by atoms with Gasteiger partial charge in [0, 0.05) is 19.1 Å². The number of nitrogens with zero attached hydrogens (tertiary/aromatic N) is 1. The summed E-state index contributed by atoms with van der Waals surface area (Å²) in [7, 11) is 0. The van der Waals surface area contributed by atoms with Crippen molar-refractivity contribution in [3.8, 4) is 0 Å². The van der Waals surface area contributed by atoms with E-state index in [9.17, 15) is 19.2 Å². The van der Waals surface area contributed by atoms with Crippen LogP contribution >= 0.6 is 0 Å². The Hall–Kier alpha value is -2.32. The van der Waals surface area contributed by atoms with E-state index in [-0.39, 0.29) is 31.6 Å². The van der Waals surface area contributed by atoms with Gasteiger partial charge in [0.15, 0.2) is 0 Å². The molecular formula is C12H18N4O5. The zero-order valence-corrected chi connectivity index (χ0v) is 11.4. The summed E-state index contributed by atoms with van der Waals surface area (Å²) in [4.78, 5) is 47.1. The molecule has 1 aliphatic carbocycles. The summed E-state index contributed by atoms with van der Waals surface area (Å²) >= 11 is 0. The molecule has 2 rings (SSSR count). The molecule has 1 saturated heterocycles. The van der Waals surface area contributed by atoms with Gasteiger partial charge in [0.2, 0.25) is 11.8 Å². The van der Waals surface area contributed by atoms with Crippen LogP contribution in [0.2, 0.25) is 0 Å². The minimum atomic E-state index is -1.17. The predicted octanol–water partition coefficient (Wildman–Crippen LogP) is -1.75. The lowest BCUT2D eigenvalue weighted by Crippen LogP contribution is -2.60. The fourth-order valence-electron chi connectivity index (χ4n) is 2.09. The Kier molecular flexibility index (Phi) is 4.61. The van der Waals surface area contributed by atoms with Crippen LogP contribution in [0.1, 0.15) is 19.3 Å². The summed E-state index contributed by atoms with van der Waals surface area (Å²) in [5.41, 5.74) is 0. The number of carboxylic acids is 1. The first kappa shape index (κ1) is 15.1. The van der Waals surface area contributed by atoms with Crippen LogP contribution < -0.4 is 16.0 Å². The van der Waals surface area contributed by atoms with Gasteiger partial charge in [-0.25, -0.2) is 4.79 Å². The van der Waals surface area contributed by atoms with E-state index in [1.807, 2.05) is 0 Å². The number of carboxylic acid groups (broad SMARTS) is 1. The first-order valence-corrected chi connectivity index (χ1v) is 6.80. The molecule has 0 spiro atoms. The number of hydrogen-bond acceptors (Lipinski definition) is 4. The second-order valence-corrected chi connectivity index (χ2v) is 5.10. The monoisotopic (exact) mass is 298 g/mol. The zero-order valence-electron chi connectivity index (χ0n) is 11.4. The average Bonchev–Trinajstić information content (AvgIpc) is 3.22. The molecule has 0 aromatic rings. The molecule has 116 valence electrons. The van der Waals surface area contributed by atoms with Crippen molar-refractivity contribution in [2.24, 2.45) is 0 Å². The van der Waals surface area contributed by atoms with Crippen molar-refractivity contribution in [2.75, 3.05) is 19.6 Å². The summed E-state index contributed by atoms with van der Waals surface area (Å²) in [6, 6.07) is -1.46. The third-order valence-corrected chi connectivity index (χ3v) is 3.30. The first-order valence-electron chi connectivity index (χ1n) is 6.80. The number of piperazine rings is 1. The van der Waals surface area contributed by atoms with E-state index in [1.165, 1.54) is 0 Å². The van der Waals surface area contributed by atoms with Crippen molar-refractivity contribution in [2.45, 2.75) is 31.3 Å². The molecule has 0 bridgehead atoms. The molecule has 9 nitrogen and oxygen atoms in total. The highest BCUT2D eigenvalue weighted by atomic mass is 16.4. The number of aliphatic carboxylic acids is 1. The van der Waals surface area contributed by atoms with Crippen LogP contribution in [-0.4, -0.2) is 65.5 Å². The SMILES string of the molecule is O=C(O)CC1C(=O)NCCN1C(=O)NCC(=O)NC1CC1. The van der Waals surface area contributed by atoms with E-state index in [0.29, 0.717) is 0 Å². The van der Waals surface area contributed by atoms with Gasteiger partial charge in [0.1, 0.15) is 6.04 Å². The second-order valence-electron chi connectivity index (χ2n) is 5.10. The van der Waals surface area contributed by atoms with E-state index in [0.717, 1.165) is 17.7 Å². The minimum absolute atomic E-state index is 0.187. The third kappa shape index (κ3) is 4.33. The number of rotatable bonds is 5. The molecule has 4 N–H and O–H groups in total. The fraction of sp³-hybridized carbons (Fsp3) is 0.667. The maximum Gasteiger partial charge on any atom is 0.318 e. The number of urea groups is 1. The maximum absolute atomic E-state index is 12.0. The molecule has 0 aromatic heterocycles. The van der Waals surface area contributed by atoms with Crippen LogP contribution in [0.4, 0.5) is 4.79 Å². The molecule has 1 heterocycles. The summed E-state index contributed by atoms with van der Waals surface area (Å²) in [6.45, 7) is 0.281. The van der Waals surface area contributed by atoms with Crippen molar-refractivity contribution < 1.29 is 24.3 Å². The molecule has 4 amide bonds. The Bertz CT molecular complexity index is 463. The van der Waals surface area contributed by atoms with E-state index in [2.05, 4.69) is 16.0 Å². The normalized spacial score (nSPS) is 21.4. The summed E-state index contributed by atoms with van der Waals surface area (Å²) in [5, 5.41) is 16.5. The van der Waals surface area contributed by atoms with Gasteiger partial charge in [-0.1, -0.05) is 0 Å². The summed E-state index contributed by atoms with van der Waals surface area (Å²) in [6.07, 6.45) is 1.44. The highest BCUT2D eigenvalue weighted by Gasteiger charge is 2.34. The molecule has 1 saturated carbocycles. The predicted molar refractivity (Wildman–Crippen MR) is 70.3 cm³/mol. The van der Waals surface area contributed by atoms with Gasteiger partial charge in [-0.3, -0.25) is 14.4 Å². The molecule has 2 fully saturated rings. The summed E-state index contributed by atoms with van der Waals surface area (Å²) in [5.74, 6) is -1.95. The second kappa shape index (κ2) is 6.42. The lowest BCUT2D eigenvalue weighted by Gasteiger charge is -2.34. The number of amides is 4. The smallest absolute Gasteiger partial charge is 0.318 e. The quantitative estimate of drug-likeness (QED) is 0.478. The van der Waals surface area contributed by atoms with Gasteiger partial charge in [0.25, 0.3) is 0 Å². The number of carbonyl (C=O) groups excluding carboxylic acids is 3. The van der Waals surface area contributed by atoms with Gasteiger partial charge in [-0.05, 0) is 12.8 Å². The van der Waals surface area contributed by atoms with Crippen LogP contribution in [0.5, 0.6) is 0 Å². The molecule has 1 atom stereocenters. The van der Waals surface area contributed by atoms with E-state index in [1.54, 1.807) is 0 Å². The van der Waals surface area contributed by atoms with Crippen molar-refractivity contribution in [1.29, 1.82) is 0 Å². The number of nitrogens with one attached hydrogen (secondary N) is 3.